The number of nitrogen functional groups attached to an aromatic ring is 1. The number of hydrogen-bond acceptors (Lipinski definition) is 3. The standard InChI is InChI=1S/C15H16BrN3/c16-13-8-18-9-14(17)15(13)19-7-6-12(10-19)11-4-2-1-3-5-11/h1-5,8-9,12H,6-7,10,17H2. The zero-order valence-electron chi connectivity index (χ0n) is 10.6. The maximum atomic E-state index is 6.05. The maximum absolute atomic E-state index is 6.05. The second-order valence-corrected chi connectivity index (χ2v) is 5.76. The van der Waals surface area contributed by atoms with Crippen molar-refractivity contribution in [2.24, 2.45) is 0 Å². The minimum absolute atomic E-state index is 0.584. The SMILES string of the molecule is Nc1cncc(Br)c1N1CCC(c2ccccc2)C1. The summed E-state index contributed by atoms with van der Waals surface area (Å²) in [6.07, 6.45) is 4.69. The first kappa shape index (κ1) is 12.5. The van der Waals surface area contributed by atoms with E-state index in [9.17, 15) is 0 Å². The predicted octanol–water partition coefficient (Wildman–Crippen LogP) is 3.42. The van der Waals surface area contributed by atoms with Crippen LogP contribution >= 0.6 is 15.9 Å². The monoisotopic (exact) mass is 317 g/mol. The van der Waals surface area contributed by atoms with Crippen molar-refractivity contribution < 1.29 is 0 Å². The number of aromatic nitrogens is 1. The maximum Gasteiger partial charge on any atom is 0.0776 e. The third kappa shape index (κ3) is 2.45. The molecule has 0 saturated carbocycles. The summed E-state index contributed by atoms with van der Waals surface area (Å²) in [7, 11) is 0. The van der Waals surface area contributed by atoms with E-state index >= 15 is 0 Å². The third-order valence-electron chi connectivity index (χ3n) is 3.68. The first-order valence-corrected chi connectivity index (χ1v) is 7.24. The molecular weight excluding hydrogens is 302 g/mol. The molecule has 1 unspecified atom stereocenters. The molecule has 0 bridgehead atoms. The van der Waals surface area contributed by atoms with Gasteiger partial charge in [0.15, 0.2) is 0 Å². The Morgan fingerprint density at radius 2 is 2.00 bits per heavy atom. The predicted molar refractivity (Wildman–Crippen MR) is 82.4 cm³/mol. The molecule has 2 N–H and O–H groups in total. The normalized spacial score (nSPS) is 18.8. The molecule has 3 rings (SSSR count). The number of hydrogen-bond donors (Lipinski definition) is 1. The Labute approximate surface area is 121 Å². The number of rotatable bonds is 2. The summed E-state index contributed by atoms with van der Waals surface area (Å²) in [5.41, 5.74) is 9.28. The summed E-state index contributed by atoms with van der Waals surface area (Å²) in [4.78, 5) is 6.44. The van der Waals surface area contributed by atoms with Crippen molar-refractivity contribution in [3.8, 4) is 0 Å². The van der Waals surface area contributed by atoms with Crippen molar-refractivity contribution in [1.29, 1.82) is 0 Å². The lowest BCUT2D eigenvalue weighted by atomic mass is 9.99. The number of halogens is 1. The highest BCUT2D eigenvalue weighted by Gasteiger charge is 2.26. The molecule has 98 valence electrons. The fourth-order valence-electron chi connectivity index (χ4n) is 2.74. The summed E-state index contributed by atoms with van der Waals surface area (Å²) in [6.45, 7) is 2.04. The van der Waals surface area contributed by atoms with Crippen molar-refractivity contribution in [3.63, 3.8) is 0 Å². The van der Waals surface area contributed by atoms with Crippen LogP contribution in [-0.4, -0.2) is 18.1 Å². The molecule has 0 aliphatic carbocycles. The average Bonchev–Trinajstić information content (AvgIpc) is 2.89. The van der Waals surface area contributed by atoms with Gasteiger partial charge in [0.05, 0.1) is 22.0 Å². The fourth-order valence-corrected chi connectivity index (χ4v) is 3.34. The van der Waals surface area contributed by atoms with Crippen molar-refractivity contribution in [2.45, 2.75) is 12.3 Å². The minimum atomic E-state index is 0.584. The Bertz CT molecular complexity index is 551. The van der Waals surface area contributed by atoms with Gasteiger partial charge in [0.2, 0.25) is 0 Å². The molecule has 1 aromatic heterocycles. The lowest BCUT2D eigenvalue weighted by Crippen LogP contribution is -2.21. The topological polar surface area (TPSA) is 42.1 Å². The van der Waals surface area contributed by atoms with E-state index < -0.39 is 0 Å². The number of benzene rings is 1. The van der Waals surface area contributed by atoms with Crippen molar-refractivity contribution in [3.05, 3.63) is 52.8 Å². The number of pyridine rings is 1. The molecule has 2 heterocycles. The number of anilines is 2. The molecule has 1 aromatic carbocycles. The van der Waals surface area contributed by atoms with Gasteiger partial charge in [-0.15, -0.1) is 0 Å². The van der Waals surface area contributed by atoms with Gasteiger partial charge in [-0.2, -0.15) is 0 Å². The largest absolute Gasteiger partial charge is 0.396 e. The molecule has 1 aliphatic heterocycles. The van der Waals surface area contributed by atoms with Gasteiger partial charge in [-0.05, 0) is 27.9 Å². The van der Waals surface area contributed by atoms with E-state index in [1.807, 2.05) is 6.20 Å². The van der Waals surface area contributed by atoms with E-state index in [1.54, 1.807) is 6.20 Å². The number of nitrogens with two attached hydrogens (primary N) is 1. The van der Waals surface area contributed by atoms with Gasteiger partial charge in [0.1, 0.15) is 0 Å². The van der Waals surface area contributed by atoms with Gasteiger partial charge in [-0.3, -0.25) is 4.98 Å². The molecule has 4 heteroatoms. The second kappa shape index (κ2) is 5.21. The molecule has 0 spiro atoms. The van der Waals surface area contributed by atoms with Crippen LogP contribution in [0, 0.1) is 0 Å². The minimum Gasteiger partial charge on any atom is -0.396 e. The lowest BCUT2D eigenvalue weighted by Gasteiger charge is -2.21. The fraction of sp³-hybridized carbons (Fsp3) is 0.267. The third-order valence-corrected chi connectivity index (χ3v) is 4.26. The summed E-state index contributed by atoms with van der Waals surface area (Å²) < 4.78 is 0.973. The van der Waals surface area contributed by atoms with Crippen molar-refractivity contribution in [2.75, 3.05) is 23.7 Å². The molecule has 1 saturated heterocycles. The van der Waals surface area contributed by atoms with E-state index in [4.69, 9.17) is 5.73 Å². The van der Waals surface area contributed by atoms with Gasteiger partial charge in [-0.1, -0.05) is 30.3 Å². The highest BCUT2D eigenvalue weighted by Crippen LogP contribution is 2.37. The number of nitrogens with zero attached hydrogens (tertiary/aromatic N) is 2. The van der Waals surface area contributed by atoms with E-state index in [0.29, 0.717) is 5.92 Å². The molecular formula is C15H16BrN3. The van der Waals surface area contributed by atoms with E-state index in [1.165, 1.54) is 5.56 Å². The zero-order chi connectivity index (χ0) is 13.2. The first-order valence-electron chi connectivity index (χ1n) is 6.44. The van der Waals surface area contributed by atoms with Crippen LogP contribution in [0.5, 0.6) is 0 Å². The highest BCUT2D eigenvalue weighted by molar-refractivity contribution is 9.10. The van der Waals surface area contributed by atoms with Crippen LogP contribution in [0.4, 0.5) is 11.4 Å². The molecule has 2 aromatic rings. The Balaban J connectivity index is 1.83. The molecule has 3 nitrogen and oxygen atoms in total. The summed E-state index contributed by atoms with van der Waals surface area (Å²) in [5, 5.41) is 0. The molecule has 1 atom stereocenters. The first-order chi connectivity index (χ1) is 9.25. The summed E-state index contributed by atoms with van der Waals surface area (Å²) in [5.74, 6) is 0.584. The second-order valence-electron chi connectivity index (χ2n) is 4.90. The van der Waals surface area contributed by atoms with Crippen LogP contribution in [-0.2, 0) is 0 Å². The Morgan fingerprint density at radius 3 is 2.74 bits per heavy atom. The van der Waals surface area contributed by atoms with Crippen molar-refractivity contribution in [1.82, 2.24) is 4.98 Å². The summed E-state index contributed by atoms with van der Waals surface area (Å²) in [6, 6.07) is 10.7. The Kier molecular flexibility index (Phi) is 3.42. The smallest absolute Gasteiger partial charge is 0.0776 e. The van der Waals surface area contributed by atoms with Gasteiger partial charge in [0, 0.05) is 25.2 Å². The van der Waals surface area contributed by atoms with Crippen LogP contribution in [0.15, 0.2) is 47.2 Å². The molecule has 19 heavy (non-hydrogen) atoms. The molecule has 0 radical (unpaired) electrons. The van der Waals surface area contributed by atoms with Crippen LogP contribution in [0.3, 0.4) is 0 Å². The molecule has 0 amide bonds. The molecule has 1 aliphatic rings. The Morgan fingerprint density at radius 1 is 1.21 bits per heavy atom. The Hall–Kier alpha value is -1.55. The van der Waals surface area contributed by atoms with E-state index in [2.05, 4.69) is 56.1 Å². The quantitative estimate of drug-likeness (QED) is 0.922. The summed E-state index contributed by atoms with van der Waals surface area (Å²) >= 11 is 3.55. The van der Waals surface area contributed by atoms with Gasteiger partial charge in [-0.25, -0.2) is 0 Å². The van der Waals surface area contributed by atoms with E-state index in [-0.39, 0.29) is 0 Å². The highest BCUT2D eigenvalue weighted by atomic mass is 79.9. The van der Waals surface area contributed by atoms with Crippen LogP contribution in [0.1, 0.15) is 17.9 Å². The van der Waals surface area contributed by atoms with E-state index in [0.717, 1.165) is 35.4 Å². The molecule has 1 fully saturated rings. The van der Waals surface area contributed by atoms with Crippen LogP contribution < -0.4 is 10.6 Å². The van der Waals surface area contributed by atoms with Gasteiger partial charge < -0.3 is 10.6 Å². The van der Waals surface area contributed by atoms with Gasteiger partial charge >= 0.3 is 0 Å². The van der Waals surface area contributed by atoms with Gasteiger partial charge in [0.25, 0.3) is 0 Å². The average molecular weight is 318 g/mol. The van der Waals surface area contributed by atoms with Crippen LogP contribution in [0.25, 0.3) is 0 Å². The zero-order valence-corrected chi connectivity index (χ0v) is 12.2. The van der Waals surface area contributed by atoms with Crippen molar-refractivity contribution >= 4 is 27.3 Å². The lowest BCUT2D eigenvalue weighted by molar-refractivity contribution is 0.775. The van der Waals surface area contributed by atoms with Crippen LogP contribution in [0.2, 0.25) is 0 Å².